The van der Waals surface area contributed by atoms with Crippen molar-refractivity contribution in [3.63, 3.8) is 0 Å². The van der Waals surface area contributed by atoms with Gasteiger partial charge in [-0.15, -0.1) is 11.3 Å². The summed E-state index contributed by atoms with van der Waals surface area (Å²) in [6, 6.07) is 6.70. The molecular weight excluding hydrogens is 384 g/mol. The number of likely N-dealkylation sites (N-methyl/N-ethyl adjacent to an activating group) is 1. The van der Waals surface area contributed by atoms with Crippen LogP contribution in [0.5, 0.6) is 0 Å². The fraction of sp³-hybridized carbons (Fsp3) is 0.312. The summed E-state index contributed by atoms with van der Waals surface area (Å²) in [5, 5.41) is 14.0. The molecule has 9 heteroatoms. The smallest absolute Gasteiger partial charge is 0.267 e. The first-order valence-electron chi connectivity index (χ1n) is 7.47. The molecule has 0 saturated heterocycles. The monoisotopic (exact) mass is 400 g/mol. The van der Waals surface area contributed by atoms with Crippen LogP contribution in [-0.2, 0) is 14.8 Å². The van der Waals surface area contributed by atoms with Gasteiger partial charge in [0.15, 0.2) is 0 Å². The van der Waals surface area contributed by atoms with Crippen LogP contribution in [0.2, 0.25) is 5.02 Å². The predicted octanol–water partition coefficient (Wildman–Crippen LogP) is 2.69. The van der Waals surface area contributed by atoms with E-state index in [0.717, 1.165) is 10.4 Å². The van der Waals surface area contributed by atoms with E-state index in [-0.39, 0.29) is 4.90 Å². The number of sulfonamides is 1. The maximum atomic E-state index is 12.6. The van der Waals surface area contributed by atoms with Crippen molar-refractivity contribution in [1.29, 1.82) is 0 Å². The van der Waals surface area contributed by atoms with Crippen LogP contribution in [0, 0.1) is 13.8 Å². The van der Waals surface area contributed by atoms with Gasteiger partial charge >= 0.3 is 0 Å². The Kier molecular flexibility index (Phi) is 4.57. The Balaban J connectivity index is 2.00. The van der Waals surface area contributed by atoms with Gasteiger partial charge in [0.05, 0.1) is 0 Å². The third-order valence-electron chi connectivity index (χ3n) is 4.15. The number of aliphatic hydroxyl groups is 1. The highest BCUT2D eigenvalue weighted by atomic mass is 35.5. The van der Waals surface area contributed by atoms with Crippen LogP contribution in [0.3, 0.4) is 0 Å². The molecule has 2 N–H and O–H groups in total. The number of nitrogens with zero attached hydrogens (tertiary/aromatic N) is 1. The van der Waals surface area contributed by atoms with E-state index in [4.69, 9.17) is 11.6 Å². The highest BCUT2D eigenvalue weighted by Crippen LogP contribution is 2.41. The average Bonchev–Trinajstić information content (AvgIpc) is 2.92. The molecular formula is C16H17ClN2O4S2. The van der Waals surface area contributed by atoms with Crippen molar-refractivity contribution in [3.8, 4) is 0 Å². The molecule has 0 fully saturated rings. The molecule has 1 aliphatic heterocycles. The summed E-state index contributed by atoms with van der Waals surface area (Å²) in [5.74, 6) is -1.69. The van der Waals surface area contributed by atoms with E-state index in [1.807, 2.05) is 6.92 Å². The fourth-order valence-electron chi connectivity index (χ4n) is 2.72. The zero-order valence-electron chi connectivity index (χ0n) is 13.8. The molecule has 1 aromatic carbocycles. The van der Waals surface area contributed by atoms with E-state index in [1.165, 1.54) is 24.5 Å². The number of carbonyl (C=O) groups is 1. The van der Waals surface area contributed by atoms with Crippen molar-refractivity contribution in [3.05, 3.63) is 44.6 Å². The van der Waals surface area contributed by atoms with E-state index < -0.39 is 28.1 Å². The van der Waals surface area contributed by atoms with Crippen LogP contribution >= 0.6 is 22.9 Å². The first-order chi connectivity index (χ1) is 11.6. The molecule has 6 nitrogen and oxygen atoms in total. The SMILES string of the molecule is Cc1cc2c(s1)C(C(O)Nc1ccc(C)c(Cl)c1)C(=O)N(C)S2(=O)=O. The van der Waals surface area contributed by atoms with E-state index >= 15 is 0 Å². The maximum absolute atomic E-state index is 12.6. The highest BCUT2D eigenvalue weighted by molar-refractivity contribution is 7.90. The second-order valence-corrected chi connectivity index (χ2v) is 9.56. The number of aryl methyl sites for hydroxylation is 2. The molecule has 1 amide bonds. The molecule has 0 bridgehead atoms. The number of rotatable bonds is 3. The number of halogens is 1. The fourth-order valence-corrected chi connectivity index (χ4v) is 5.80. The summed E-state index contributed by atoms with van der Waals surface area (Å²) in [6.45, 7) is 3.62. The van der Waals surface area contributed by atoms with Crippen molar-refractivity contribution < 1.29 is 18.3 Å². The summed E-state index contributed by atoms with van der Waals surface area (Å²) in [4.78, 5) is 13.8. The maximum Gasteiger partial charge on any atom is 0.267 e. The second kappa shape index (κ2) is 6.28. The first kappa shape index (κ1) is 18.2. The molecule has 3 rings (SSSR count). The number of hydrogen-bond donors (Lipinski definition) is 2. The van der Waals surface area contributed by atoms with Gasteiger partial charge in [0.1, 0.15) is 17.0 Å². The minimum absolute atomic E-state index is 0.0740. The quantitative estimate of drug-likeness (QED) is 0.773. The lowest BCUT2D eigenvalue weighted by molar-refractivity contribution is -0.129. The third-order valence-corrected chi connectivity index (χ3v) is 7.61. The predicted molar refractivity (Wildman–Crippen MR) is 97.6 cm³/mol. The van der Waals surface area contributed by atoms with Gasteiger partial charge in [0.25, 0.3) is 10.0 Å². The van der Waals surface area contributed by atoms with Crippen molar-refractivity contribution in [1.82, 2.24) is 4.31 Å². The van der Waals surface area contributed by atoms with Crippen molar-refractivity contribution in [2.24, 2.45) is 0 Å². The van der Waals surface area contributed by atoms with E-state index in [9.17, 15) is 18.3 Å². The Labute approximate surface area is 155 Å². The molecule has 134 valence electrons. The van der Waals surface area contributed by atoms with E-state index in [0.29, 0.717) is 19.9 Å². The molecule has 2 heterocycles. The minimum atomic E-state index is -3.87. The highest BCUT2D eigenvalue weighted by Gasteiger charge is 2.45. The van der Waals surface area contributed by atoms with Gasteiger partial charge in [-0.1, -0.05) is 17.7 Å². The number of amides is 1. The Hall–Kier alpha value is -1.61. The number of thiophene rings is 1. The lowest BCUT2D eigenvalue weighted by Crippen LogP contribution is -2.46. The van der Waals surface area contributed by atoms with Crippen molar-refractivity contribution in [2.75, 3.05) is 12.4 Å². The van der Waals surface area contributed by atoms with Crippen LogP contribution < -0.4 is 5.32 Å². The van der Waals surface area contributed by atoms with E-state index in [1.54, 1.807) is 25.1 Å². The lowest BCUT2D eigenvalue weighted by atomic mass is 10.0. The topological polar surface area (TPSA) is 86.7 Å². The van der Waals surface area contributed by atoms with Gasteiger partial charge in [0, 0.05) is 27.5 Å². The van der Waals surface area contributed by atoms with Gasteiger partial charge in [-0.2, -0.15) is 0 Å². The second-order valence-electron chi connectivity index (χ2n) is 5.93. The summed E-state index contributed by atoms with van der Waals surface area (Å²) in [6.07, 6.45) is -1.29. The zero-order chi connectivity index (χ0) is 18.5. The Morgan fingerprint density at radius 1 is 1.32 bits per heavy atom. The molecule has 25 heavy (non-hydrogen) atoms. The van der Waals surface area contributed by atoms with Crippen molar-refractivity contribution in [2.45, 2.75) is 30.9 Å². The lowest BCUT2D eigenvalue weighted by Gasteiger charge is -2.32. The van der Waals surface area contributed by atoms with Gasteiger partial charge in [-0.05, 0) is 37.6 Å². The van der Waals surface area contributed by atoms with Crippen LogP contribution in [0.15, 0.2) is 29.2 Å². The number of hydrogen-bond acceptors (Lipinski definition) is 6. The number of nitrogens with one attached hydrogen (secondary N) is 1. The molecule has 2 unspecified atom stereocenters. The molecule has 2 aromatic rings. The average molecular weight is 401 g/mol. The Morgan fingerprint density at radius 3 is 2.64 bits per heavy atom. The summed E-state index contributed by atoms with van der Waals surface area (Å²) < 4.78 is 25.6. The molecule has 0 aliphatic carbocycles. The van der Waals surface area contributed by atoms with E-state index in [2.05, 4.69) is 5.32 Å². The molecule has 1 aliphatic rings. The number of benzene rings is 1. The zero-order valence-corrected chi connectivity index (χ0v) is 16.2. The molecule has 0 radical (unpaired) electrons. The Morgan fingerprint density at radius 2 is 2.00 bits per heavy atom. The number of anilines is 1. The summed E-state index contributed by atoms with van der Waals surface area (Å²) in [7, 11) is -2.66. The Bertz CT molecular complexity index is 955. The molecule has 1 aromatic heterocycles. The van der Waals surface area contributed by atoms with Gasteiger partial charge < -0.3 is 10.4 Å². The van der Waals surface area contributed by atoms with Gasteiger partial charge in [-0.25, -0.2) is 12.7 Å². The molecule has 0 saturated carbocycles. The normalized spacial score (nSPS) is 20.3. The summed E-state index contributed by atoms with van der Waals surface area (Å²) >= 11 is 7.28. The number of carbonyl (C=O) groups excluding carboxylic acids is 1. The van der Waals surface area contributed by atoms with Gasteiger partial charge in [-0.3, -0.25) is 4.79 Å². The summed E-state index contributed by atoms with van der Waals surface area (Å²) in [5.41, 5.74) is 1.43. The standard InChI is InChI=1S/C16H17ClN2O4S2/c1-8-4-5-10(7-11(8)17)18-15(20)13-14-12(6-9(2)24-14)25(22,23)19(3)16(13)21/h4-7,13,15,18,20H,1-3H3. The largest absolute Gasteiger partial charge is 0.373 e. The van der Waals surface area contributed by atoms with Gasteiger partial charge in [0.2, 0.25) is 5.91 Å². The number of aliphatic hydroxyl groups excluding tert-OH is 1. The van der Waals surface area contributed by atoms with Crippen LogP contribution in [0.25, 0.3) is 0 Å². The molecule has 2 atom stereocenters. The first-order valence-corrected chi connectivity index (χ1v) is 10.1. The molecule has 0 spiro atoms. The van der Waals surface area contributed by atoms with Crippen LogP contribution in [-0.4, -0.2) is 37.0 Å². The van der Waals surface area contributed by atoms with Crippen molar-refractivity contribution >= 4 is 44.6 Å². The van der Waals surface area contributed by atoms with Crippen LogP contribution in [0.4, 0.5) is 5.69 Å². The number of fused-ring (bicyclic) bond motifs is 1. The van der Waals surface area contributed by atoms with Crippen LogP contribution in [0.1, 0.15) is 21.2 Å². The minimum Gasteiger partial charge on any atom is -0.373 e. The third kappa shape index (κ3) is 3.03.